The van der Waals surface area contributed by atoms with Gasteiger partial charge >= 0.3 is 30.5 Å². The molecule has 5 atom stereocenters. The Kier molecular flexibility index (Phi) is 11.1. The Hall–Kier alpha value is -6.14. The molecule has 10 rings (SSSR count). The fourth-order valence-electron chi connectivity index (χ4n) is 11.4. The van der Waals surface area contributed by atoms with E-state index in [1.807, 2.05) is 4.90 Å². The minimum Gasteiger partial charge on any atom is -0.475 e. The number of pyridine rings is 1. The Balaban J connectivity index is 1.01. The molecule has 0 unspecified atom stereocenters. The number of hydrogen-bond donors (Lipinski definition) is 1. The van der Waals surface area contributed by atoms with Crippen LogP contribution in [0.25, 0.3) is 22.2 Å². The lowest BCUT2D eigenvalue weighted by molar-refractivity contribution is -0.138. The van der Waals surface area contributed by atoms with E-state index >= 15 is 8.78 Å². The maximum absolute atomic E-state index is 17.3. The number of nitrogens with two attached hydrogens (primary N) is 1. The Morgan fingerprint density at radius 1 is 0.942 bits per heavy atom. The Bertz CT molecular complexity index is 2840. The first-order chi connectivity index (χ1) is 32.6. The summed E-state index contributed by atoms with van der Waals surface area (Å²) < 4.78 is 158. The van der Waals surface area contributed by atoms with Gasteiger partial charge in [-0.15, -0.1) is 10.2 Å². The van der Waals surface area contributed by atoms with Crippen LogP contribution in [-0.4, -0.2) is 119 Å². The van der Waals surface area contributed by atoms with Gasteiger partial charge in [0.15, 0.2) is 5.82 Å². The van der Waals surface area contributed by atoms with Crippen LogP contribution in [0.3, 0.4) is 0 Å². The van der Waals surface area contributed by atoms with Crippen molar-refractivity contribution in [2.24, 2.45) is 10.8 Å². The summed E-state index contributed by atoms with van der Waals surface area (Å²) in [6.07, 6.45) is -5.22. The van der Waals surface area contributed by atoms with Gasteiger partial charge in [-0.05, 0) is 62.5 Å². The highest BCUT2D eigenvalue weighted by atomic mass is 19.4. The van der Waals surface area contributed by atoms with E-state index in [0.29, 0.717) is 57.0 Å². The van der Waals surface area contributed by atoms with Crippen molar-refractivity contribution in [3.8, 4) is 23.1 Å². The summed E-state index contributed by atoms with van der Waals surface area (Å²) in [5.41, 5.74) is -2.29. The van der Waals surface area contributed by atoms with Gasteiger partial charge in [0.25, 0.3) is 0 Å². The first-order valence-electron chi connectivity index (χ1n) is 22.3. The minimum absolute atomic E-state index is 0.000735. The normalized spacial score (nSPS) is 25.8. The first kappa shape index (κ1) is 46.6. The van der Waals surface area contributed by atoms with E-state index in [9.17, 15) is 39.9 Å². The van der Waals surface area contributed by atoms with Crippen LogP contribution in [0.5, 0.6) is 11.9 Å². The van der Waals surface area contributed by atoms with E-state index in [2.05, 4.69) is 37.2 Å². The van der Waals surface area contributed by atoms with Crippen LogP contribution in [0.4, 0.5) is 60.2 Å². The lowest BCUT2D eigenvalue weighted by Gasteiger charge is -2.60. The number of carbonyl (C=O) groups excluding carboxylic acids is 1. The van der Waals surface area contributed by atoms with Crippen molar-refractivity contribution in [2.45, 2.75) is 101 Å². The number of amides is 1. The molecule has 4 saturated heterocycles. The second-order valence-electron chi connectivity index (χ2n) is 19.3. The van der Waals surface area contributed by atoms with Crippen LogP contribution < -0.4 is 20.1 Å². The Morgan fingerprint density at radius 3 is 2.43 bits per heavy atom. The maximum Gasteiger partial charge on any atom is 0.418 e. The lowest BCUT2D eigenvalue weighted by Crippen LogP contribution is -2.72. The van der Waals surface area contributed by atoms with Crippen LogP contribution in [-0.2, 0) is 12.4 Å². The Labute approximate surface area is 386 Å². The van der Waals surface area contributed by atoms with E-state index in [1.54, 1.807) is 9.80 Å². The van der Waals surface area contributed by atoms with Crippen LogP contribution >= 0.6 is 0 Å². The number of halogens is 10. The number of benzene rings is 1. The topological polar surface area (TPSA) is 166 Å². The molecule has 1 spiro atoms. The van der Waals surface area contributed by atoms with Crippen LogP contribution in [0.2, 0.25) is 0 Å². The number of aromatic nitrogens is 8. The molecule has 1 aromatic carbocycles. The third-order valence-electron chi connectivity index (χ3n) is 14.7. The number of nitrogen functional groups attached to an aromatic ring is 1. The summed E-state index contributed by atoms with van der Waals surface area (Å²) >= 11 is 0. The third-order valence-corrected chi connectivity index (χ3v) is 14.7. The number of alkyl halides is 7. The van der Waals surface area contributed by atoms with Crippen LogP contribution in [0.15, 0.2) is 30.9 Å². The number of fused-ring (bicyclic) bond motifs is 2. The minimum atomic E-state index is -5.16. The fraction of sp³-hybridized carbons (Fsp3) is 0.545. The zero-order valence-electron chi connectivity index (χ0n) is 37.0. The van der Waals surface area contributed by atoms with Crippen molar-refractivity contribution in [1.29, 1.82) is 0 Å². The predicted octanol–water partition coefficient (Wildman–Crippen LogP) is 7.95. The number of ether oxygens (including phenoxy) is 2. The number of anilines is 2. The van der Waals surface area contributed by atoms with E-state index in [1.165, 1.54) is 0 Å². The summed E-state index contributed by atoms with van der Waals surface area (Å²) in [5, 5.41) is 10.6. The van der Waals surface area contributed by atoms with Gasteiger partial charge in [0.1, 0.15) is 48.6 Å². The van der Waals surface area contributed by atoms with Crippen molar-refractivity contribution in [1.82, 2.24) is 49.7 Å². The molecule has 8 heterocycles. The van der Waals surface area contributed by atoms with Crippen molar-refractivity contribution in [3.63, 3.8) is 0 Å². The van der Waals surface area contributed by atoms with Gasteiger partial charge in [0.05, 0.1) is 33.9 Å². The lowest BCUT2D eigenvalue weighted by atomic mass is 9.63. The monoisotopic (exact) mass is 978 g/mol. The molecule has 25 heteroatoms. The van der Waals surface area contributed by atoms with Crippen molar-refractivity contribution >= 4 is 28.4 Å². The highest BCUT2D eigenvalue weighted by Crippen LogP contribution is 2.62. The molecular formula is C44H44F10N12O3. The molecule has 1 saturated carbocycles. The summed E-state index contributed by atoms with van der Waals surface area (Å²) in [7, 11) is 0. The van der Waals surface area contributed by atoms with Gasteiger partial charge in [-0.2, -0.15) is 55.5 Å². The zero-order chi connectivity index (χ0) is 49.0. The van der Waals surface area contributed by atoms with Gasteiger partial charge in [0.2, 0.25) is 5.88 Å². The van der Waals surface area contributed by atoms with E-state index < -0.39 is 104 Å². The average molecular weight is 979 g/mol. The molecule has 0 bridgehead atoms. The first-order valence-corrected chi connectivity index (χ1v) is 22.3. The quantitative estimate of drug-likeness (QED) is 0.112. The second-order valence-corrected chi connectivity index (χ2v) is 19.3. The van der Waals surface area contributed by atoms with Gasteiger partial charge in [-0.3, -0.25) is 9.88 Å². The molecule has 1 aliphatic carbocycles. The van der Waals surface area contributed by atoms with E-state index in [-0.39, 0.29) is 67.8 Å². The highest BCUT2D eigenvalue weighted by Gasteiger charge is 2.65. The second kappa shape index (κ2) is 16.5. The Morgan fingerprint density at radius 2 is 1.72 bits per heavy atom. The van der Waals surface area contributed by atoms with E-state index in [0.717, 1.165) is 37.0 Å². The van der Waals surface area contributed by atoms with Crippen LogP contribution in [0, 0.1) is 35.5 Å². The van der Waals surface area contributed by atoms with E-state index in [4.69, 9.17) is 20.2 Å². The molecule has 4 aromatic heterocycles. The van der Waals surface area contributed by atoms with Crippen LogP contribution in [0.1, 0.15) is 75.0 Å². The summed E-state index contributed by atoms with van der Waals surface area (Å²) in [6, 6.07) is -0.416. The molecular weight excluding hydrogens is 935 g/mol. The summed E-state index contributed by atoms with van der Waals surface area (Å²) in [4.78, 5) is 35.9. The number of likely N-dealkylation sites (tertiary alicyclic amines) is 1. The molecule has 5 fully saturated rings. The molecule has 2 N–H and O–H groups in total. The molecule has 5 aromatic rings. The van der Waals surface area contributed by atoms with Crippen molar-refractivity contribution < 1.29 is 58.2 Å². The molecule has 4 aliphatic heterocycles. The van der Waals surface area contributed by atoms with Gasteiger partial charge < -0.3 is 25.0 Å². The van der Waals surface area contributed by atoms with Gasteiger partial charge in [-0.1, -0.05) is 13.3 Å². The average Bonchev–Trinajstić information content (AvgIpc) is 3.62. The number of nitrogens with zero attached hydrogens (tertiary/aromatic N) is 11. The number of rotatable bonds is 9. The zero-order valence-corrected chi connectivity index (χ0v) is 37.0. The third kappa shape index (κ3) is 8.16. The molecule has 5 aliphatic rings. The predicted molar refractivity (Wildman–Crippen MR) is 224 cm³/mol. The maximum atomic E-state index is 17.3. The van der Waals surface area contributed by atoms with Gasteiger partial charge in [-0.25, -0.2) is 18.0 Å². The number of hydrogen-bond acceptors (Lipinski definition) is 13. The molecule has 69 heavy (non-hydrogen) atoms. The van der Waals surface area contributed by atoms with Crippen molar-refractivity contribution in [3.05, 3.63) is 65.3 Å². The number of carbonyl (C=O) groups is 1. The summed E-state index contributed by atoms with van der Waals surface area (Å²) in [6.45, 7) is 3.32. The van der Waals surface area contributed by atoms with Crippen molar-refractivity contribution in [2.75, 3.05) is 50.0 Å². The molecule has 1 amide bonds. The SMILES string of the molecule is Cc1c(F)c(N)cc(-c2ncc3c(N4CCCC[C@@]5(C4)CN(C(=O)n4cnc(F)n4)[C@@H]5C4(C)CC4)nc(OC[C@@]45CC[C@@H](COc6cc(C(F)(F)F)cnn6)N4C[C@H](F)C5)nc3c2F)c1C(F)(F)F. The highest BCUT2D eigenvalue weighted by molar-refractivity contribution is 5.92. The summed E-state index contributed by atoms with van der Waals surface area (Å²) in [5.74, 6) is -2.90. The molecule has 15 nitrogen and oxygen atoms in total. The standard InChI is InChI=1S/C44H44F10N12O3/c1-22-30(44(52,53)54)26(12-28(55)31(22)46)33-32(47)34-27(15-56-33)35(63-10-4-3-6-41(18-63)19-64(36(41)40(2)8-9-40)39(67)66-21-57-37(48)62-66)60-38(59-34)69-20-42-7-5-25(65(42)16-24(45)13-42)17-68-29-11-23(14-58-61-29)43(49,50)51/h11-12,14-15,21,24-25,36H,3-10,13,16-20,55H2,1-2H3/t24-,25+,36-,41-,42+/m1/s1. The largest absolute Gasteiger partial charge is 0.475 e. The smallest absolute Gasteiger partial charge is 0.418 e. The fourth-order valence-corrected chi connectivity index (χ4v) is 11.4. The van der Waals surface area contributed by atoms with Gasteiger partial charge in [0, 0.05) is 67.9 Å². The molecule has 0 radical (unpaired) electrons. The molecule has 368 valence electrons.